The Kier molecular flexibility index (Phi) is 4.82. The normalized spacial score (nSPS) is 12.5. The molecule has 100 valence electrons. The lowest BCUT2D eigenvalue weighted by atomic mass is 9.96. The Bertz CT molecular complexity index is 576. The Morgan fingerprint density at radius 1 is 1.00 bits per heavy atom. The number of rotatable bonds is 3. The van der Waals surface area contributed by atoms with E-state index in [2.05, 4.69) is 44.0 Å². The third kappa shape index (κ3) is 3.68. The van der Waals surface area contributed by atoms with Crippen LogP contribution in [-0.4, -0.2) is 5.11 Å². The SMILES string of the molecule is Cc1cc(C(O)Cc2ccc(Br)cc2)c(C)cc1Br. The summed E-state index contributed by atoms with van der Waals surface area (Å²) in [6.45, 7) is 4.07. The first kappa shape index (κ1) is 14.8. The van der Waals surface area contributed by atoms with Gasteiger partial charge in [-0.2, -0.15) is 0 Å². The summed E-state index contributed by atoms with van der Waals surface area (Å²) < 4.78 is 2.14. The number of aliphatic hydroxyl groups excluding tert-OH is 1. The van der Waals surface area contributed by atoms with Crippen molar-refractivity contribution in [3.8, 4) is 0 Å². The minimum Gasteiger partial charge on any atom is -0.388 e. The van der Waals surface area contributed by atoms with Gasteiger partial charge in [0.1, 0.15) is 0 Å². The van der Waals surface area contributed by atoms with E-state index in [-0.39, 0.29) is 0 Å². The maximum absolute atomic E-state index is 10.4. The highest BCUT2D eigenvalue weighted by molar-refractivity contribution is 9.10. The van der Waals surface area contributed by atoms with Crippen molar-refractivity contribution in [3.05, 3.63) is 67.6 Å². The van der Waals surface area contributed by atoms with Crippen LogP contribution in [0.1, 0.15) is 28.4 Å². The smallest absolute Gasteiger partial charge is 0.0833 e. The molecule has 1 N–H and O–H groups in total. The van der Waals surface area contributed by atoms with E-state index < -0.39 is 6.10 Å². The highest BCUT2D eigenvalue weighted by Crippen LogP contribution is 2.27. The predicted molar refractivity (Wildman–Crippen MR) is 86.4 cm³/mol. The van der Waals surface area contributed by atoms with Gasteiger partial charge < -0.3 is 5.11 Å². The second kappa shape index (κ2) is 6.21. The molecule has 0 bridgehead atoms. The fourth-order valence-corrected chi connectivity index (χ4v) is 2.84. The van der Waals surface area contributed by atoms with E-state index in [0.717, 1.165) is 31.2 Å². The van der Waals surface area contributed by atoms with Crippen molar-refractivity contribution in [2.45, 2.75) is 26.4 Å². The largest absolute Gasteiger partial charge is 0.388 e. The molecule has 0 aliphatic heterocycles. The molecule has 0 fully saturated rings. The summed E-state index contributed by atoms with van der Waals surface area (Å²) in [6.07, 6.45) is 0.169. The van der Waals surface area contributed by atoms with Crippen LogP contribution in [0.2, 0.25) is 0 Å². The maximum Gasteiger partial charge on any atom is 0.0833 e. The maximum atomic E-state index is 10.4. The van der Waals surface area contributed by atoms with Crippen LogP contribution in [0.3, 0.4) is 0 Å². The zero-order chi connectivity index (χ0) is 14.0. The van der Waals surface area contributed by atoms with Gasteiger partial charge in [0.25, 0.3) is 0 Å². The fraction of sp³-hybridized carbons (Fsp3) is 0.250. The Labute approximate surface area is 130 Å². The molecule has 1 nitrogen and oxygen atoms in total. The second-order valence-electron chi connectivity index (χ2n) is 4.80. The molecule has 1 atom stereocenters. The average molecular weight is 384 g/mol. The third-order valence-electron chi connectivity index (χ3n) is 3.25. The molecule has 19 heavy (non-hydrogen) atoms. The van der Waals surface area contributed by atoms with Crippen LogP contribution in [0, 0.1) is 13.8 Å². The fourth-order valence-electron chi connectivity index (χ4n) is 2.12. The van der Waals surface area contributed by atoms with Crippen LogP contribution in [-0.2, 0) is 6.42 Å². The lowest BCUT2D eigenvalue weighted by Gasteiger charge is -2.15. The van der Waals surface area contributed by atoms with Crippen LogP contribution in [0.25, 0.3) is 0 Å². The molecule has 0 aromatic heterocycles. The molecule has 0 radical (unpaired) electrons. The predicted octanol–water partition coefficient (Wildman–Crippen LogP) is 5.10. The van der Waals surface area contributed by atoms with Gasteiger partial charge in [-0.15, -0.1) is 0 Å². The van der Waals surface area contributed by atoms with Crippen molar-refractivity contribution in [1.29, 1.82) is 0 Å². The zero-order valence-corrected chi connectivity index (χ0v) is 14.1. The first-order chi connectivity index (χ1) is 8.97. The molecule has 0 aliphatic carbocycles. The van der Waals surface area contributed by atoms with Crippen LogP contribution < -0.4 is 0 Å². The van der Waals surface area contributed by atoms with Crippen LogP contribution in [0.5, 0.6) is 0 Å². The summed E-state index contributed by atoms with van der Waals surface area (Å²) >= 11 is 6.94. The van der Waals surface area contributed by atoms with Crippen molar-refractivity contribution in [2.75, 3.05) is 0 Å². The first-order valence-corrected chi connectivity index (χ1v) is 7.75. The number of hydrogen-bond acceptors (Lipinski definition) is 1. The van der Waals surface area contributed by atoms with E-state index >= 15 is 0 Å². The van der Waals surface area contributed by atoms with Crippen LogP contribution in [0.15, 0.2) is 45.3 Å². The number of aliphatic hydroxyl groups is 1. The van der Waals surface area contributed by atoms with E-state index in [4.69, 9.17) is 0 Å². The number of halogens is 2. The van der Waals surface area contributed by atoms with Crippen LogP contribution in [0.4, 0.5) is 0 Å². The molecular formula is C16H16Br2O. The van der Waals surface area contributed by atoms with Crippen molar-refractivity contribution >= 4 is 31.9 Å². The van der Waals surface area contributed by atoms with Crippen molar-refractivity contribution in [2.24, 2.45) is 0 Å². The van der Waals surface area contributed by atoms with Gasteiger partial charge in [-0.1, -0.05) is 50.1 Å². The summed E-state index contributed by atoms with van der Waals surface area (Å²) in [6, 6.07) is 12.2. The monoisotopic (exact) mass is 382 g/mol. The quantitative estimate of drug-likeness (QED) is 0.781. The standard InChI is InChI=1S/C16H16Br2O/c1-10-8-15(18)11(2)7-14(10)16(19)9-12-3-5-13(17)6-4-12/h3-8,16,19H,9H2,1-2H3. The average Bonchev–Trinajstić information content (AvgIpc) is 2.36. The lowest BCUT2D eigenvalue weighted by molar-refractivity contribution is 0.177. The molecule has 0 spiro atoms. The summed E-state index contributed by atoms with van der Waals surface area (Å²) in [5.74, 6) is 0. The molecule has 2 rings (SSSR count). The molecule has 3 heteroatoms. The van der Waals surface area contributed by atoms with E-state index in [9.17, 15) is 5.11 Å². The summed E-state index contributed by atoms with van der Waals surface area (Å²) in [7, 11) is 0. The topological polar surface area (TPSA) is 20.2 Å². The molecule has 0 saturated carbocycles. The van der Waals surface area contributed by atoms with Gasteiger partial charge in [-0.3, -0.25) is 0 Å². The number of benzene rings is 2. The minimum atomic E-state index is -0.465. The van der Waals surface area contributed by atoms with Crippen molar-refractivity contribution in [1.82, 2.24) is 0 Å². The molecular weight excluding hydrogens is 368 g/mol. The number of hydrogen-bond donors (Lipinski definition) is 1. The molecule has 1 unspecified atom stereocenters. The van der Waals surface area contributed by atoms with Gasteiger partial charge in [-0.25, -0.2) is 0 Å². The first-order valence-electron chi connectivity index (χ1n) is 6.16. The number of aryl methyl sites for hydroxylation is 2. The van der Waals surface area contributed by atoms with Gasteiger partial charge >= 0.3 is 0 Å². The molecule has 2 aromatic rings. The summed E-state index contributed by atoms with van der Waals surface area (Å²) in [4.78, 5) is 0. The van der Waals surface area contributed by atoms with Gasteiger partial charge in [0.15, 0.2) is 0 Å². The van der Waals surface area contributed by atoms with E-state index in [0.29, 0.717) is 6.42 Å². The Morgan fingerprint density at radius 2 is 1.63 bits per heavy atom. The van der Waals surface area contributed by atoms with E-state index in [1.54, 1.807) is 0 Å². The third-order valence-corrected chi connectivity index (χ3v) is 4.63. The van der Waals surface area contributed by atoms with Gasteiger partial charge in [0.05, 0.1) is 6.10 Å². The van der Waals surface area contributed by atoms with Crippen molar-refractivity contribution in [3.63, 3.8) is 0 Å². The van der Waals surface area contributed by atoms with E-state index in [1.165, 1.54) is 0 Å². The molecule has 2 aromatic carbocycles. The zero-order valence-electron chi connectivity index (χ0n) is 11.0. The Balaban J connectivity index is 2.22. The highest BCUT2D eigenvalue weighted by atomic mass is 79.9. The summed E-state index contributed by atoms with van der Waals surface area (Å²) in [5, 5.41) is 10.4. The highest BCUT2D eigenvalue weighted by Gasteiger charge is 2.13. The minimum absolute atomic E-state index is 0.465. The van der Waals surface area contributed by atoms with Gasteiger partial charge in [-0.05, 0) is 54.3 Å². The van der Waals surface area contributed by atoms with Crippen molar-refractivity contribution < 1.29 is 5.11 Å². The Morgan fingerprint density at radius 3 is 2.26 bits per heavy atom. The lowest BCUT2D eigenvalue weighted by Crippen LogP contribution is -2.04. The van der Waals surface area contributed by atoms with Gasteiger partial charge in [0, 0.05) is 15.4 Å². The second-order valence-corrected chi connectivity index (χ2v) is 6.57. The van der Waals surface area contributed by atoms with Gasteiger partial charge in [0.2, 0.25) is 0 Å². The van der Waals surface area contributed by atoms with Crippen LogP contribution >= 0.6 is 31.9 Å². The molecule has 0 aliphatic rings. The Hall–Kier alpha value is -0.640. The molecule has 0 heterocycles. The van der Waals surface area contributed by atoms with E-state index in [1.807, 2.05) is 38.1 Å². The summed E-state index contributed by atoms with van der Waals surface area (Å²) in [5.41, 5.74) is 4.40. The molecule has 0 amide bonds. The molecule has 0 saturated heterocycles.